The molecule has 1 heterocycles. The SMILES string of the molecule is CN(CC1(O)CCOCC1)S(=O)(=O)CC#N. The summed E-state index contributed by atoms with van der Waals surface area (Å²) in [6, 6.07) is 1.60. The highest BCUT2D eigenvalue weighted by Crippen LogP contribution is 2.22. The number of likely N-dealkylation sites (N-methyl/N-ethyl adjacent to an activating group) is 1. The van der Waals surface area contributed by atoms with Crippen LogP contribution in [0.1, 0.15) is 12.8 Å². The molecular formula is C9H16N2O4S. The molecule has 0 aromatic heterocycles. The molecule has 0 atom stereocenters. The Kier molecular flexibility index (Phi) is 4.27. The van der Waals surface area contributed by atoms with Crippen molar-refractivity contribution in [3.8, 4) is 6.07 Å². The maximum Gasteiger partial charge on any atom is 0.227 e. The van der Waals surface area contributed by atoms with Gasteiger partial charge >= 0.3 is 0 Å². The van der Waals surface area contributed by atoms with Crippen LogP contribution in [-0.2, 0) is 14.8 Å². The number of hydrogen-bond acceptors (Lipinski definition) is 5. The highest BCUT2D eigenvalue weighted by atomic mass is 32.2. The molecule has 1 aliphatic rings. The normalized spacial score (nSPS) is 20.6. The van der Waals surface area contributed by atoms with Crippen LogP contribution in [0.3, 0.4) is 0 Å². The summed E-state index contributed by atoms with van der Waals surface area (Å²) in [6.45, 7) is 0.881. The van der Waals surface area contributed by atoms with Crippen LogP contribution in [0.2, 0.25) is 0 Å². The zero-order valence-electron chi connectivity index (χ0n) is 9.22. The Morgan fingerprint density at radius 1 is 1.50 bits per heavy atom. The molecule has 6 nitrogen and oxygen atoms in total. The lowest BCUT2D eigenvalue weighted by atomic mass is 9.95. The lowest BCUT2D eigenvalue weighted by Gasteiger charge is -2.34. The van der Waals surface area contributed by atoms with Crippen molar-refractivity contribution in [1.29, 1.82) is 5.26 Å². The van der Waals surface area contributed by atoms with Gasteiger partial charge in [-0.3, -0.25) is 0 Å². The van der Waals surface area contributed by atoms with E-state index in [9.17, 15) is 13.5 Å². The number of rotatable bonds is 4. The second-order valence-corrected chi connectivity index (χ2v) is 6.08. The van der Waals surface area contributed by atoms with Crippen molar-refractivity contribution < 1.29 is 18.3 Å². The molecule has 16 heavy (non-hydrogen) atoms. The third-order valence-electron chi connectivity index (χ3n) is 2.66. The van der Waals surface area contributed by atoms with Gasteiger partial charge in [0.1, 0.15) is 0 Å². The van der Waals surface area contributed by atoms with Crippen LogP contribution < -0.4 is 0 Å². The van der Waals surface area contributed by atoms with Crippen LogP contribution in [0, 0.1) is 11.3 Å². The minimum absolute atomic E-state index is 0.0143. The summed E-state index contributed by atoms with van der Waals surface area (Å²) in [6.07, 6.45) is 0.832. The molecule has 0 aromatic rings. The second kappa shape index (κ2) is 5.10. The van der Waals surface area contributed by atoms with Gasteiger partial charge in [-0.05, 0) is 0 Å². The molecule has 1 rings (SSSR count). The van der Waals surface area contributed by atoms with Crippen molar-refractivity contribution >= 4 is 10.0 Å². The summed E-state index contributed by atoms with van der Waals surface area (Å²) < 4.78 is 29.2. The van der Waals surface area contributed by atoms with E-state index < -0.39 is 21.4 Å². The fourth-order valence-electron chi connectivity index (χ4n) is 1.61. The number of nitriles is 1. The topological polar surface area (TPSA) is 90.6 Å². The minimum atomic E-state index is -3.58. The third kappa shape index (κ3) is 3.42. The van der Waals surface area contributed by atoms with E-state index in [0.29, 0.717) is 26.1 Å². The number of nitrogens with zero attached hydrogens (tertiary/aromatic N) is 2. The lowest BCUT2D eigenvalue weighted by molar-refractivity contribution is -0.0689. The van der Waals surface area contributed by atoms with Crippen LogP contribution in [0.4, 0.5) is 0 Å². The van der Waals surface area contributed by atoms with E-state index in [-0.39, 0.29) is 6.54 Å². The van der Waals surface area contributed by atoms with Crippen molar-refractivity contribution in [2.24, 2.45) is 0 Å². The molecule has 0 radical (unpaired) electrons. The van der Waals surface area contributed by atoms with Gasteiger partial charge < -0.3 is 9.84 Å². The molecule has 92 valence electrons. The molecule has 1 saturated heterocycles. The fraction of sp³-hybridized carbons (Fsp3) is 0.889. The number of sulfonamides is 1. The minimum Gasteiger partial charge on any atom is -0.388 e. The third-order valence-corrected chi connectivity index (χ3v) is 4.24. The van der Waals surface area contributed by atoms with Gasteiger partial charge in [0.05, 0.1) is 11.7 Å². The first kappa shape index (κ1) is 13.4. The molecule has 0 bridgehead atoms. The smallest absolute Gasteiger partial charge is 0.227 e. The largest absolute Gasteiger partial charge is 0.388 e. The fourth-order valence-corrected chi connectivity index (χ4v) is 2.43. The molecule has 0 aromatic carbocycles. The maximum atomic E-state index is 11.5. The molecule has 0 saturated carbocycles. The van der Waals surface area contributed by atoms with Crippen LogP contribution >= 0.6 is 0 Å². The first-order valence-electron chi connectivity index (χ1n) is 5.01. The van der Waals surface area contributed by atoms with Crippen molar-refractivity contribution in [2.75, 3.05) is 32.6 Å². The van der Waals surface area contributed by atoms with E-state index in [4.69, 9.17) is 10.00 Å². The van der Waals surface area contributed by atoms with Crippen molar-refractivity contribution in [1.82, 2.24) is 4.31 Å². The first-order valence-corrected chi connectivity index (χ1v) is 6.62. The average Bonchev–Trinajstić information content (AvgIpc) is 2.17. The standard InChI is InChI=1S/C9H16N2O4S/c1-11(16(13,14)7-4-10)8-9(12)2-5-15-6-3-9/h12H,2-3,5-8H2,1H3. The highest BCUT2D eigenvalue weighted by Gasteiger charge is 2.34. The Hall–Kier alpha value is -0.680. The highest BCUT2D eigenvalue weighted by molar-refractivity contribution is 7.89. The van der Waals surface area contributed by atoms with Crippen LogP contribution in [-0.4, -0.2) is 56.0 Å². The monoisotopic (exact) mass is 248 g/mol. The van der Waals surface area contributed by atoms with Gasteiger partial charge in [0.25, 0.3) is 0 Å². The van der Waals surface area contributed by atoms with E-state index in [1.807, 2.05) is 0 Å². The Morgan fingerprint density at radius 3 is 2.56 bits per heavy atom. The van der Waals surface area contributed by atoms with Gasteiger partial charge in [0, 0.05) is 39.6 Å². The zero-order valence-corrected chi connectivity index (χ0v) is 10.0. The van der Waals surface area contributed by atoms with Gasteiger partial charge in [0.2, 0.25) is 10.0 Å². The summed E-state index contributed by atoms with van der Waals surface area (Å²) in [5.74, 6) is -0.559. The van der Waals surface area contributed by atoms with E-state index >= 15 is 0 Å². The van der Waals surface area contributed by atoms with Crippen molar-refractivity contribution in [2.45, 2.75) is 18.4 Å². The van der Waals surface area contributed by atoms with Gasteiger partial charge in [-0.1, -0.05) is 0 Å². The van der Waals surface area contributed by atoms with Gasteiger partial charge in [-0.25, -0.2) is 12.7 Å². The summed E-state index contributed by atoms with van der Waals surface area (Å²) in [5.41, 5.74) is -1.03. The predicted molar refractivity (Wildman–Crippen MR) is 57.0 cm³/mol. The second-order valence-electron chi connectivity index (χ2n) is 4.01. The van der Waals surface area contributed by atoms with Gasteiger partial charge in [0.15, 0.2) is 5.75 Å². The molecule has 7 heteroatoms. The Morgan fingerprint density at radius 2 is 2.06 bits per heavy atom. The summed E-state index contributed by atoms with van der Waals surface area (Å²) in [4.78, 5) is 0. The van der Waals surface area contributed by atoms with Gasteiger partial charge in [-0.15, -0.1) is 0 Å². The lowest BCUT2D eigenvalue weighted by Crippen LogP contribution is -2.47. The number of hydrogen-bond donors (Lipinski definition) is 1. The molecule has 0 amide bonds. The van der Waals surface area contributed by atoms with Gasteiger partial charge in [-0.2, -0.15) is 5.26 Å². The van der Waals surface area contributed by atoms with E-state index in [2.05, 4.69) is 0 Å². The van der Waals surface area contributed by atoms with Crippen LogP contribution in [0.5, 0.6) is 0 Å². The zero-order chi connectivity index (χ0) is 12.2. The van der Waals surface area contributed by atoms with Crippen molar-refractivity contribution in [3.05, 3.63) is 0 Å². The number of ether oxygens (including phenoxy) is 1. The van der Waals surface area contributed by atoms with E-state index in [1.54, 1.807) is 6.07 Å². The van der Waals surface area contributed by atoms with E-state index in [0.717, 1.165) is 4.31 Å². The molecule has 0 aliphatic carbocycles. The summed E-state index contributed by atoms with van der Waals surface area (Å²) in [5, 5.41) is 18.5. The molecule has 1 N–H and O–H groups in total. The van der Waals surface area contributed by atoms with Crippen molar-refractivity contribution in [3.63, 3.8) is 0 Å². The number of aliphatic hydroxyl groups is 1. The Balaban J connectivity index is 2.63. The predicted octanol–water partition coefficient (Wildman–Crippen LogP) is -0.687. The molecule has 1 fully saturated rings. The molecule has 0 spiro atoms. The van der Waals surface area contributed by atoms with E-state index in [1.165, 1.54) is 7.05 Å². The maximum absolute atomic E-state index is 11.5. The van der Waals surface area contributed by atoms with Crippen LogP contribution in [0.15, 0.2) is 0 Å². The summed E-state index contributed by atoms with van der Waals surface area (Å²) in [7, 11) is -2.20. The quantitative estimate of drug-likeness (QED) is 0.711. The molecule has 0 unspecified atom stereocenters. The Labute approximate surface area is 95.5 Å². The first-order chi connectivity index (χ1) is 7.40. The van der Waals surface area contributed by atoms with Crippen LogP contribution in [0.25, 0.3) is 0 Å². The molecule has 1 aliphatic heterocycles. The summed E-state index contributed by atoms with van der Waals surface area (Å²) >= 11 is 0. The average molecular weight is 248 g/mol. The molecular weight excluding hydrogens is 232 g/mol. The Bertz CT molecular complexity index is 367.